The molecule has 0 aliphatic carbocycles. The SMILES string of the molecule is CCCN1c2cc(F)c(C=C3C(=O)N(C)C(=O)N(C)C3=O)cc2C(C)=CC1(C)C. The minimum absolute atomic E-state index is 0.139. The Balaban J connectivity index is 2.13. The van der Waals surface area contributed by atoms with Crippen LogP contribution in [0, 0.1) is 5.82 Å². The van der Waals surface area contributed by atoms with E-state index in [1.165, 1.54) is 26.2 Å². The number of hydrogen-bond donors (Lipinski definition) is 0. The molecule has 1 aromatic rings. The average Bonchev–Trinajstić information content (AvgIpc) is 2.65. The Bertz CT molecular complexity index is 952. The summed E-state index contributed by atoms with van der Waals surface area (Å²) in [5.41, 5.74) is 2.31. The van der Waals surface area contributed by atoms with E-state index in [2.05, 4.69) is 31.7 Å². The summed E-state index contributed by atoms with van der Waals surface area (Å²) in [5.74, 6) is -2.00. The van der Waals surface area contributed by atoms with Crippen LogP contribution in [0.2, 0.25) is 0 Å². The first-order valence-electron chi connectivity index (χ1n) is 9.62. The van der Waals surface area contributed by atoms with E-state index in [1.807, 2.05) is 6.92 Å². The lowest BCUT2D eigenvalue weighted by atomic mass is 9.87. The van der Waals surface area contributed by atoms with Crippen molar-refractivity contribution >= 4 is 35.2 Å². The van der Waals surface area contributed by atoms with Crippen LogP contribution in [-0.2, 0) is 9.59 Å². The number of carbonyl (C=O) groups is 3. The van der Waals surface area contributed by atoms with Gasteiger partial charge in [-0.2, -0.15) is 0 Å². The minimum Gasteiger partial charge on any atom is -0.362 e. The summed E-state index contributed by atoms with van der Waals surface area (Å²) in [4.78, 5) is 40.6. The van der Waals surface area contributed by atoms with Gasteiger partial charge >= 0.3 is 6.03 Å². The van der Waals surface area contributed by atoms with Crippen LogP contribution in [0.25, 0.3) is 11.6 Å². The fourth-order valence-electron chi connectivity index (χ4n) is 3.99. The number of hydrogen-bond acceptors (Lipinski definition) is 4. The molecule has 4 amide bonds. The Labute approximate surface area is 170 Å². The van der Waals surface area contributed by atoms with E-state index in [4.69, 9.17) is 0 Å². The zero-order valence-corrected chi connectivity index (χ0v) is 17.7. The molecule has 0 N–H and O–H groups in total. The Morgan fingerprint density at radius 3 is 2.21 bits per heavy atom. The molecule has 0 aromatic heterocycles. The third-order valence-electron chi connectivity index (χ3n) is 5.49. The van der Waals surface area contributed by atoms with Crippen LogP contribution in [0.15, 0.2) is 23.8 Å². The summed E-state index contributed by atoms with van der Waals surface area (Å²) in [6.07, 6.45) is 4.28. The molecule has 3 rings (SSSR count). The van der Waals surface area contributed by atoms with E-state index in [-0.39, 0.29) is 16.7 Å². The molecule has 6 nitrogen and oxygen atoms in total. The van der Waals surface area contributed by atoms with Gasteiger partial charge in [0.25, 0.3) is 11.8 Å². The summed E-state index contributed by atoms with van der Waals surface area (Å²) in [6, 6.07) is 2.42. The highest BCUT2D eigenvalue weighted by molar-refractivity contribution is 6.30. The number of urea groups is 1. The Morgan fingerprint density at radius 1 is 1.07 bits per heavy atom. The lowest BCUT2D eigenvalue weighted by Gasteiger charge is -2.43. The van der Waals surface area contributed by atoms with E-state index >= 15 is 4.39 Å². The fourth-order valence-corrected chi connectivity index (χ4v) is 3.99. The number of likely N-dealkylation sites (N-methyl/N-ethyl adjacent to an activating group) is 2. The van der Waals surface area contributed by atoms with Crippen LogP contribution in [0.5, 0.6) is 0 Å². The molecule has 0 atom stereocenters. The van der Waals surface area contributed by atoms with Crippen LogP contribution < -0.4 is 4.90 Å². The van der Waals surface area contributed by atoms with Crippen molar-refractivity contribution in [1.82, 2.24) is 9.80 Å². The molecule has 0 spiro atoms. The van der Waals surface area contributed by atoms with Gasteiger partial charge in [0, 0.05) is 37.5 Å². The van der Waals surface area contributed by atoms with Crippen molar-refractivity contribution in [2.75, 3.05) is 25.5 Å². The van der Waals surface area contributed by atoms with Crippen molar-refractivity contribution in [1.29, 1.82) is 0 Å². The van der Waals surface area contributed by atoms with Gasteiger partial charge in [0.1, 0.15) is 11.4 Å². The van der Waals surface area contributed by atoms with E-state index in [1.54, 1.807) is 6.07 Å². The number of allylic oxidation sites excluding steroid dienone is 1. The Hall–Kier alpha value is -2.96. The van der Waals surface area contributed by atoms with Crippen molar-refractivity contribution in [2.45, 2.75) is 39.7 Å². The van der Waals surface area contributed by atoms with E-state index in [9.17, 15) is 14.4 Å². The first-order chi connectivity index (χ1) is 13.5. The molecule has 0 bridgehead atoms. The highest BCUT2D eigenvalue weighted by Gasteiger charge is 2.38. The number of fused-ring (bicyclic) bond motifs is 1. The maximum Gasteiger partial charge on any atom is 0.333 e. The molecular weight excluding hydrogens is 373 g/mol. The predicted molar refractivity (Wildman–Crippen MR) is 111 cm³/mol. The second kappa shape index (κ2) is 7.13. The van der Waals surface area contributed by atoms with Crippen molar-refractivity contribution in [3.05, 3.63) is 40.7 Å². The number of halogens is 1. The summed E-state index contributed by atoms with van der Waals surface area (Å²) >= 11 is 0. The van der Waals surface area contributed by atoms with Gasteiger partial charge in [0.2, 0.25) is 0 Å². The van der Waals surface area contributed by atoms with Gasteiger partial charge in [-0.05, 0) is 51.0 Å². The number of nitrogens with zero attached hydrogens (tertiary/aromatic N) is 3. The highest BCUT2D eigenvalue weighted by atomic mass is 19.1. The van der Waals surface area contributed by atoms with E-state index in [0.29, 0.717) is 0 Å². The third kappa shape index (κ3) is 3.34. The van der Waals surface area contributed by atoms with Gasteiger partial charge in [-0.1, -0.05) is 13.0 Å². The Kier molecular flexibility index (Phi) is 5.11. The first kappa shape index (κ1) is 20.8. The molecule has 1 fully saturated rings. The van der Waals surface area contributed by atoms with Crippen molar-refractivity contribution in [3.8, 4) is 0 Å². The molecular formula is C22H26FN3O3. The summed E-state index contributed by atoms with van der Waals surface area (Å²) < 4.78 is 15.0. The van der Waals surface area contributed by atoms with Crippen molar-refractivity contribution < 1.29 is 18.8 Å². The molecule has 0 saturated carbocycles. The maximum atomic E-state index is 15.0. The number of barbiturate groups is 1. The zero-order valence-electron chi connectivity index (χ0n) is 17.7. The number of anilines is 1. The van der Waals surface area contributed by atoms with Gasteiger partial charge in [0.15, 0.2) is 0 Å². The fraction of sp³-hybridized carbons (Fsp3) is 0.409. The molecule has 2 aliphatic heterocycles. The van der Waals surface area contributed by atoms with Crippen molar-refractivity contribution in [2.24, 2.45) is 0 Å². The lowest BCUT2D eigenvalue weighted by molar-refractivity contribution is -0.134. The number of amides is 4. The Morgan fingerprint density at radius 2 is 1.66 bits per heavy atom. The first-order valence-corrected chi connectivity index (χ1v) is 9.62. The molecule has 2 heterocycles. The molecule has 154 valence electrons. The third-order valence-corrected chi connectivity index (χ3v) is 5.49. The molecule has 1 saturated heterocycles. The van der Waals surface area contributed by atoms with Crippen molar-refractivity contribution in [3.63, 3.8) is 0 Å². The maximum absolute atomic E-state index is 15.0. The summed E-state index contributed by atoms with van der Waals surface area (Å²) in [6.45, 7) is 8.99. The monoisotopic (exact) mass is 399 g/mol. The van der Waals surface area contributed by atoms with E-state index < -0.39 is 23.7 Å². The summed E-state index contributed by atoms with van der Waals surface area (Å²) in [5, 5.41) is 0. The van der Waals surface area contributed by atoms with Crippen LogP contribution in [0.1, 0.15) is 45.2 Å². The normalized spacial score (nSPS) is 18.9. The largest absolute Gasteiger partial charge is 0.362 e. The van der Waals surface area contributed by atoms with Gasteiger partial charge in [0.05, 0.1) is 5.54 Å². The van der Waals surface area contributed by atoms with Gasteiger partial charge < -0.3 is 4.90 Å². The van der Waals surface area contributed by atoms with Crippen LogP contribution >= 0.6 is 0 Å². The average molecular weight is 399 g/mol. The highest BCUT2D eigenvalue weighted by Crippen LogP contribution is 2.40. The van der Waals surface area contributed by atoms with E-state index in [0.717, 1.165) is 39.6 Å². The second-order valence-corrected chi connectivity index (χ2v) is 8.09. The predicted octanol–water partition coefficient (Wildman–Crippen LogP) is 3.67. The summed E-state index contributed by atoms with van der Waals surface area (Å²) in [7, 11) is 2.59. The molecule has 2 aliphatic rings. The van der Waals surface area contributed by atoms with Crippen LogP contribution in [0.4, 0.5) is 14.9 Å². The zero-order chi connectivity index (χ0) is 21.7. The quantitative estimate of drug-likeness (QED) is 0.575. The smallest absolute Gasteiger partial charge is 0.333 e. The number of rotatable bonds is 3. The number of benzene rings is 1. The minimum atomic E-state index is -0.740. The van der Waals surface area contributed by atoms with Gasteiger partial charge in [-0.25, -0.2) is 9.18 Å². The number of imide groups is 2. The second-order valence-electron chi connectivity index (χ2n) is 8.09. The molecule has 0 unspecified atom stereocenters. The van der Waals surface area contributed by atoms with Gasteiger partial charge in [-0.15, -0.1) is 0 Å². The van der Waals surface area contributed by atoms with Gasteiger partial charge in [-0.3, -0.25) is 19.4 Å². The molecule has 1 aromatic carbocycles. The van der Waals surface area contributed by atoms with Crippen LogP contribution in [0.3, 0.4) is 0 Å². The topological polar surface area (TPSA) is 60.9 Å². The number of carbonyl (C=O) groups excluding carboxylic acids is 3. The van der Waals surface area contributed by atoms with Crippen LogP contribution in [-0.4, -0.2) is 53.8 Å². The molecule has 7 heteroatoms. The molecule has 0 radical (unpaired) electrons. The lowest BCUT2D eigenvalue weighted by Crippen LogP contribution is -2.52. The molecule has 29 heavy (non-hydrogen) atoms. The standard InChI is InChI=1S/C22H26FN3O3/c1-7-8-26-18-11-17(23)14(9-15(18)13(2)12-22(26,3)4)10-16-19(27)24(5)21(29)25(6)20(16)28/h9-12H,7-8H2,1-6H3.